The summed E-state index contributed by atoms with van der Waals surface area (Å²) < 4.78 is 0. The van der Waals surface area contributed by atoms with Gasteiger partial charge < -0.3 is 10.2 Å². The van der Waals surface area contributed by atoms with Crippen molar-refractivity contribution in [1.82, 2.24) is 10.2 Å². The number of likely N-dealkylation sites (tertiary alicyclic amines) is 1. The molecule has 2 aromatic carbocycles. The minimum Gasteiger partial charge on any atom is -0.356 e. The van der Waals surface area contributed by atoms with E-state index in [-0.39, 0.29) is 17.7 Å². The molecule has 0 aliphatic carbocycles. The SMILES string of the molecule is CC(CCNC(=O)C1CCN(C(=O)c2ccccc2)CC1)c1ccccc1. The van der Waals surface area contributed by atoms with E-state index in [1.54, 1.807) is 0 Å². The monoisotopic (exact) mass is 364 g/mol. The van der Waals surface area contributed by atoms with Crippen molar-refractivity contribution in [3.8, 4) is 0 Å². The van der Waals surface area contributed by atoms with Crippen molar-refractivity contribution >= 4 is 11.8 Å². The van der Waals surface area contributed by atoms with Gasteiger partial charge in [-0.15, -0.1) is 0 Å². The quantitative estimate of drug-likeness (QED) is 0.846. The standard InChI is InChI=1S/C23H28N2O2/c1-18(19-8-4-2-5-9-19)12-15-24-22(26)20-13-16-25(17-14-20)23(27)21-10-6-3-7-11-21/h2-11,18,20H,12-17H2,1H3,(H,24,26). The topological polar surface area (TPSA) is 49.4 Å². The van der Waals surface area contributed by atoms with Crippen molar-refractivity contribution in [3.05, 3.63) is 71.8 Å². The minimum absolute atomic E-state index is 0.0110. The molecule has 2 aromatic rings. The molecule has 4 heteroatoms. The summed E-state index contributed by atoms with van der Waals surface area (Å²) in [6.45, 7) is 4.17. The zero-order valence-corrected chi connectivity index (χ0v) is 15.9. The summed E-state index contributed by atoms with van der Waals surface area (Å²) >= 11 is 0. The first-order chi connectivity index (χ1) is 13.1. The van der Waals surface area contributed by atoms with Gasteiger partial charge in [0.15, 0.2) is 0 Å². The Labute approximate surface area is 161 Å². The first kappa shape index (κ1) is 19.2. The fraction of sp³-hybridized carbons (Fsp3) is 0.391. The number of piperidine rings is 1. The number of carbonyl (C=O) groups is 2. The fourth-order valence-electron chi connectivity index (χ4n) is 3.61. The van der Waals surface area contributed by atoms with E-state index in [1.807, 2.05) is 41.3 Å². The van der Waals surface area contributed by atoms with Gasteiger partial charge in [0, 0.05) is 31.1 Å². The summed E-state index contributed by atoms with van der Waals surface area (Å²) in [5, 5.41) is 3.09. The van der Waals surface area contributed by atoms with Crippen LogP contribution in [0.4, 0.5) is 0 Å². The van der Waals surface area contributed by atoms with Crippen LogP contribution in [-0.4, -0.2) is 36.3 Å². The van der Waals surface area contributed by atoms with Gasteiger partial charge in [0.1, 0.15) is 0 Å². The molecule has 1 fully saturated rings. The maximum Gasteiger partial charge on any atom is 0.253 e. The van der Waals surface area contributed by atoms with Gasteiger partial charge in [0.2, 0.25) is 5.91 Å². The second-order valence-electron chi connectivity index (χ2n) is 7.32. The van der Waals surface area contributed by atoms with Crippen molar-refractivity contribution in [2.75, 3.05) is 19.6 Å². The lowest BCUT2D eigenvalue weighted by Crippen LogP contribution is -2.43. The summed E-state index contributed by atoms with van der Waals surface area (Å²) in [5.74, 6) is 0.627. The van der Waals surface area contributed by atoms with Crippen LogP contribution in [-0.2, 0) is 4.79 Å². The van der Waals surface area contributed by atoms with Gasteiger partial charge in [-0.3, -0.25) is 9.59 Å². The largest absolute Gasteiger partial charge is 0.356 e. The Morgan fingerprint density at radius 2 is 1.59 bits per heavy atom. The Kier molecular flexibility index (Phi) is 6.64. The zero-order chi connectivity index (χ0) is 19.1. The molecule has 27 heavy (non-hydrogen) atoms. The highest BCUT2D eigenvalue weighted by atomic mass is 16.2. The van der Waals surface area contributed by atoms with Crippen LogP contribution in [0.15, 0.2) is 60.7 Å². The molecule has 1 aliphatic rings. The van der Waals surface area contributed by atoms with E-state index in [1.165, 1.54) is 5.56 Å². The van der Waals surface area contributed by atoms with Crippen LogP contribution in [0.5, 0.6) is 0 Å². The third kappa shape index (κ3) is 5.19. The molecule has 3 rings (SSSR count). The van der Waals surface area contributed by atoms with Crippen molar-refractivity contribution in [1.29, 1.82) is 0 Å². The molecule has 1 aliphatic heterocycles. The molecule has 2 amide bonds. The number of amides is 2. The number of nitrogens with zero attached hydrogens (tertiary/aromatic N) is 1. The first-order valence-corrected chi connectivity index (χ1v) is 9.82. The third-order valence-electron chi connectivity index (χ3n) is 5.42. The summed E-state index contributed by atoms with van der Waals surface area (Å²) in [7, 11) is 0. The molecule has 1 N–H and O–H groups in total. The molecule has 1 heterocycles. The van der Waals surface area contributed by atoms with Gasteiger partial charge in [0.25, 0.3) is 5.91 Å². The Morgan fingerprint density at radius 1 is 1.00 bits per heavy atom. The van der Waals surface area contributed by atoms with E-state index in [0.717, 1.165) is 24.8 Å². The number of hydrogen-bond donors (Lipinski definition) is 1. The van der Waals surface area contributed by atoms with Crippen LogP contribution in [0.2, 0.25) is 0 Å². The highest BCUT2D eigenvalue weighted by molar-refractivity contribution is 5.94. The van der Waals surface area contributed by atoms with Gasteiger partial charge >= 0.3 is 0 Å². The molecule has 0 bridgehead atoms. The number of hydrogen-bond acceptors (Lipinski definition) is 2. The maximum absolute atomic E-state index is 12.5. The predicted octanol–water partition coefficient (Wildman–Crippen LogP) is 3.85. The fourth-order valence-corrected chi connectivity index (χ4v) is 3.61. The highest BCUT2D eigenvalue weighted by Gasteiger charge is 2.27. The van der Waals surface area contributed by atoms with Crippen LogP contribution >= 0.6 is 0 Å². The van der Waals surface area contributed by atoms with Crippen molar-refractivity contribution in [3.63, 3.8) is 0 Å². The maximum atomic E-state index is 12.5. The average molecular weight is 364 g/mol. The van der Waals surface area contributed by atoms with Crippen LogP contribution < -0.4 is 5.32 Å². The second kappa shape index (κ2) is 9.36. The number of benzene rings is 2. The van der Waals surface area contributed by atoms with Gasteiger partial charge in [-0.2, -0.15) is 0 Å². The molecule has 142 valence electrons. The van der Waals surface area contributed by atoms with Crippen LogP contribution in [0, 0.1) is 5.92 Å². The normalized spacial score (nSPS) is 16.0. The summed E-state index contributed by atoms with van der Waals surface area (Å²) in [5.41, 5.74) is 2.02. The molecule has 0 saturated carbocycles. The number of nitrogens with one attached hydrogen (secondary N) is 1. The molecule has 1 unspecified atom stereocenters. The molecule has 1 saturated heterocycles. The van der Waals surface area contributed by atoms with E-state index in [2.05, 4.69) is 36.5 Å². The van der Waals surface area contributed by atoms with Gasteiger partial charge in [0.05, 0.1) is 0 Å². The molecule has 0 aromatic heterocycles. The third-order valence-corrected chi connectivity index (χ3v) is 5.42. The lowest BCUT2D eigenvalue weighted by Gasteiger charge is -2.31. The molecule has 0 radical (unpaired) electrons. The Hall–Kier alpha value is -2.62. The first-order valence-electron chi connectivity index (χ1n) is 9.82. The van der Waals surface area contributed by atoms with E-state index in [9.17, 15) is 9.59 Å². The van der Waals surface area contributed by atoms with Gasteiger partial charge in [-0.1, -0.05) is 55.5 Å². The lowest BCUT2D eigenvalue weighted by molar-refractivity contribution is -0.126. The van der Waals surface area contributed by atoms with E-state index < -0.39 is 0 Å². The Morgan fingerprint density at radius 3 is 2.22 bits per heavy atom. The number of rotatable bonds is 6. The van der Waals surface area contributed by atoms with E-state index in [0.29, 0.717) is 25.6 Å². The van der Waals surface area contributed by atoms with Crippen LogP contribution in [0.3, 0.4) is 0 Å². The van der Waals surface area contributed by atoms with Gasteiger partial charge in [-0.25, -0.2) is 0 Å². The molecule has 0 spiro atoms. The van der Waals surface area contributed by atoms with E-state index in [4.69, 9.17) is 0 Å². The molecular formula is C23H28N2O2. The van der Waals surface area contributed by atoms with Crippen molar-refractivity contribution in [2.24, 2.45) is 5.92 Å². The summed E-state index contributed by atoms with van der Waals surface area (Å²) in [4.78, 5) is 26.8. The average Bonchev–Trinajstić information content (AvgIpc) is 2.74. The Balaban J connectivity index is 1.40. The number of carbonyl (C=O) groups excluding carboxylic acids is 2. The highest BCUT2D eigenvalue weighted by Crippen LogP contribution is 2.20. The summed E-state index contributed by atoms with van der Waals surface area (Å²) in [6.07, 6.45) is 2.40. The van der Waals surface area contributed by atoms with Crippen LogP contribution in [0.1, 0.15) is 48.0 Å². The molecule has 1 atom stereocenters. The van der Waals surface area contributed by atoms with Crippen LogP contribution in [0.25, 0.3) is 0 Å². The lowest BCUT2D eigenvalue weighted by atomic mass is 9.94. The van der Waals surface area contributed by atoms with Crippen molar-refractivity contribution < 1.29 is 9.59 Å². The molecular weight excluding hydrogens is 336 g/mol. The van der Waals surface area contributed by atoms with Crippen molar-refractivity contribution in [2.45, 2.75) is 32.1 Å². The smallest absolute Gasteiger partial charge is 0.253 e. The second-order valence-corrected chi connectivity index (χ2v) is 7.32. The Bertz CT molecular complexity index is 737. The molecule has 4 nitrogen and oxygen atoms in total. The summed E-state index contributed by atoms with van der Waals surface area (Å²) in [6, 6.07) is 19.7. The zero-order valence-electron chi connectivity index (χ0n) is 15.9. The van der Waals surface area contributed by atoms with E-state index >= 15 is 0 Å². The van der Waals surface area contributed by atoms with Gasteiger partial charge in [-0.05, 0) is 42.9 Å². The predicted molar refractivity (Wildman–Crippen MR) is 108 cm³/mol. The minimum atomic E-state index is 0.0110.